The number of nitrogens with zero attached hydrogens (tertiary/aromatic N) is 1. The Labute approximate surface area is 165 Å². The van der Waals surface area contributed by atoms with Gasteiger partial charge in [0, 0.05) is 11.1 Å². The molecule has 1 amide bonds. The summed E-state index contributed by atoms with van der Waals surface area (Å²) in [7, 11) is 0. The quantitative estimate of drug-likeness (QED) is 0.693. The third-order valence-electron chi connectivity index (χ3n) is 5.00. The summed E-state index contributed by atoms with van der Waals surface area (Å²) in [5, 5.41) is 11.4. The van der Waals surface area contributed by atoms with E-state index in [9.17, 15) is 9.90 Å². The van der Waals surface area contributed by atoms with Crippen LogP contribution in [0.2, 0.25) is 0 Å². The van der Waals surface area contributed by atoms with Crippen molar-refractivity contribution in [2.24, 2.45) is 0 Å². The molecular formula is C25H21NO2. The molecule has 3 aromatic rings. The monoisotopic (exact) mass is 367 g/mol. The van der Waals surface area contributed by atoms with Crippen molar-refractivity contribution in [1.29, 1.82) is 0 Å². The van der Waals surface area contributed by atoms with Gasteiger partial charge in [0.1, 0.15) is 0 Å². The molecule has 0 aromatic heterocycles. The van der Waals surface area contributed by atoms with E-state index in [1.807, 2.05) is 86.6 Å². The SMILES string of the molecule is Cc1cc(C)c2c(c1)C(O)(C#Cc1ccccc1)C(=O)N2Cc1ccccc1. The Hall–Kier alpha value is -3.35. The van der Waals surface area contributed by atoms with Crippen LogP contribution in [0.15, 0.2) is 72.8 Å². The summed E-state index contributed by atoms with van der Waals surface area (Å²) in [5.74, 6) is 5.44. The van der Waals surface area contributed by atoms with Crippen LogP contribution < -0.4 is 4.90 Å². The van der Waals surface area contributed by atoms with Gasteiger partial charge in [-0.1, -0.05) is 66.1 Å². The number of amides is 1. The fraction of sp³-hybridized carbons (Fsp3) is 0.160. The summed E-state index contributed by atoms with van der Waals surface area (Å²) in [6.45, 7) is 4.32. The standard InChI is InChI=1S/C25H21NO2/c1-18-15-19(2)23-22(16-18)25(28,14-13-20-9-5-3-6-10-20)24(27)26(23)17-21-11-7-4-8-12-21/h3-12,15-16,28H,17H2,1-2H3. The van der Waals surface area contributed by atoms with Gasteiger partial charge >= 0.3 is 0 Å². The highest BCUT2D eigenvalue weighted by Gasteiger charge is 2.49. The molecule has 138 valence electrons. The molecule has 3 aromatic carbocycles. The summed E-state index contributed by atoms with van der Waals surface area (Å²) in [4.78, 5) is 15.0. The van der Waals surface area contributed by atoms with Crippen molar-refractivity contribution in [1.82, 2.24) is 0 Å². The number of carbonyl (C=O) groups excluding carboxylic acids is 1. The van der Waals surface area contributed by atoms with Gasteiger partial charge in [-0.05, 0) is 49.1 Å². The third kappa shape index (κ3) is 3.09. The predicted molar refractivity (Wildman–Crippen MR) is 111 cm³/mol. The fourth-order valence-corrected chi connectivity index (χ4v) is 3.73. The van der Waals surface area contributed by atoms with Crippen molar-refractivity contribution in [3.63, 3.8) is 0 Å². The first-order valence-corrected chi connectivity index (χ1v) is 9.27. The molecule has 0 bridgehead atoms. The lowest BCUT2D eigenvalue weighted by atomic mass is 9.92. The van der Waals surface area contributed by atoms with Crippen LogP contribution in [-0.4, -0.2) is 11.0 Å². The Balaban J connectivity index is 1.83. The lowest BCUT2D eigenvalue weighted by Crippen LogP contribution is -2.39. The van der Waals surface area contributed by atoms with Crippen LogP contribution in [0.1, 0.15) is 27.8 Å². The van der Waals surface area contributed by atoms with Crippen LogP contribution in [0.5, 0.6) is 0 Å². The third-order valence-corrected chi connectivity index (χ3v) is 5.00. The van der Waals surface area contributed by atoms with Gasteiger partial charge in [-0.15, -0.1) is 0 Å². The largest absolute Gasteiger partial charge is 0.366 e. The molecule has 0 saturated carbocycles. The van der Waals surface area contributed by atoms with E-state index in [4.69, 9.17) is 0 Å². The number of hydrogen-bond donors (Lipinski definition) is 1. The van der Waals surface area contributed by atoms with E-state index >= 15 is 0 Å². The molecular weight excluding hydrogens is 346 g/mol. The summed E-state index contributed by atoms with van der Waals surface area (Å²) in [5.41, 5.74) is 3.18. The Morgan fingerprint density at radius 3 is 2.29 bits per heavy atom. The van der Waals surface area contributed by atoms with E-state index in [0.29, 0.717) is 12.1 Å². The van der Waals surface area contributed by atoms with Gasteiger partial charge in [-0.3, -0.25) is 4.79 Å². The molecule has 4 rings (SSSR count). The molecule has 28 heavy (non-hydrogen) atoms. The van der Waals surface area contributed by atoms with E-state index in [0.717, 1.165) is 27.9 Å². The normalized spacial score (nSPS) is 17.8. The number of carbonyl (C=O) groups is 1. The Morgan fingerprint density at radius 1 is 0.964 bits per heavy atom. The Morgan fingerprint density at radius 2 is 1.61 bits per heavy atom. The minimum Gasteiger partial charge on any atom is -0.366 e. The van der Waals surface area contributed by atoms with E-state index < -0.39 is 11.5 Å². The second-order valence-corrected chi connectivity index (χ2v) is 7.18. The van der Waals surface area contributed by atoms with Gasteiger partial charge in [0.2, 0.25) is 5.60 Å². The number of aryl methyl sites for hydroxylation is 2. The van der Waals surface area contributed by atoms with E-state index in [1.165, 1.54) is 0 Å². The van der Waals surface area contributed by atoms with Crippen molar-refractivity contribution in [2.45, 2.75) is 26.0 Å². The Kier molecular flexibility index (Phi) is 4.50. The average molecular weight is 367 g/mol. The molecule has 1 aliphatic heterocycles. The van der Waals surface area contributed by atoms with Crippen molar-refractivity contribution in [2.75, 3.05) is 4.90 Å². The summed E-state index contributed by atoms with van der Waals surface area (Å²) in [6.07, 6.45) is 0. The van der Waals surface area contributed by atoms with Crippen LogP contribution in [0.25, 0.3) is 0 Å². The molecule has 0 fully saturated rings. The Bertz CT molecular complexity index is 1090. The molecule has 0 aliphatic carbocycles. The fourth-order valence-electron chi connectivity index (χ4n) is 3.73. The highest BCUT2D eigenvalue weighted by Crippen LogP contribution is 2.43. The second-order valence-electron chi connectivity index (χ2n) is 7.18. The zero-order valence-electron chi connectivity index (χ0n) is 15.9. The molecule has 1 atom stereocenters. The first-order chi connectivity index (χ1) is 13.5. The molecule has 3 nitrogen and oxygen atoms in total. The van der Waals surface area contributed by atoms with E-state index in [1.54, 1.807) is 4.90 Å². The van der Waals surface area contributed by atoms with Crippen molar-refractivity contribution in [3.05, 3.63) is 101 Å². The first kappa shape index (κ1) is 18.0. The summed E-state index contributed by atoms with van der Waals surface area (Å²) in [6, 6.07) is 23.1. The molecule has 0 radical (unpaired) electrons. The van der Waals surface area contributed by atoms with Gasteiger partial charge in [-0.2, -0.15) is 0 Å². The van der Waals surface area contributed by atoms with Crippen molar-refractivity contribution >= 4 is 11.6 Å². The number of hydrogen-bond acceptors (Lipinski definition) is 2. The topological polar surface area (TPSA) is 40.5 Å². The molecule has 0 saturated heterocycles. The van der Waals surface area contributed by atoms with Gasteiger partial charge in [0.25, 0.3) is 5.91 Å². The average Bonchev–Trinajstić information content (AvgIpc) is 2.90. The zero-order valence-corrected chi connectivity index (χ0v) is 15.9. The maximum atomic E-state index is 13.3. The maximum absolute atomic E-state index is 13.3. The van der Waals surface area contributed by atoms with Crippen molar-refractivity contribution in [3.8, 4) is 11.8 Å². The van der Waals surface area contributed by atoms with Gasteiger partial charge in [-0.25, -0.2) is 0 Å². The molecule has 1 heterocycles. The maximum Gasteiger partial charge on any atom is 0.276 e. The predicted octanol–water partition coefficient (Wildman–Crippen LogP) is 4.09. The summed E-state index contributed by atoms with van der Waals surface area (Å²) < 4.78 is 0. The highest BCUT2D eigenvalue weighted by molar-refractivity contribution is 6.09. The molecule has 1 N–H and O–H groups in total. The number of benzene rings is 3. The van der Waals surface area contributed by atoms with Crippen LogP contribution in [-0.2, 0) is 16.9 Å². The van der Waals surface area contributed by atoms with Crippen LogP contribution in [0.3, 0.4) is 0 Å². The second kappa shape index (κ2) is 6.99. The number of aliphatic hydroxyl groups is 1. The van der Waals surface area contributed by atoms with Gasteiger partial charge in [0.05, 0.1) is 12.2 Å². The van der Waals surface area contributed by atoms with Crippen LogP contribution in [0.4, 0.5) is 5.69 Å². The van der Waals surface area contributed by atoms with Crippen LogP contribution in [0, 0.1) is 25.7 Å². The summed E-state index contributed by atoms with van der Waals surface area (Å²) >= 11 is 0. The zero-order chi connectivity index (χ0) is 19.7. The van der Waals surface area contributed by atoms with E-state index in [2.05, 4.69) is 11.8 Å². The lowest BCUT2D eigenvalue weighted by Gasteiger charge is -2.20. The minimum absolute atomic E-state index is 0.395. The first-order valence-electron chi connectivity index (χ1n) is 9.27. The van der Waals surface area contributed by atoms with E-state index in [-0.39, 0.29) is 0 Å². The highest BCUT2D eigenvalue weighted by atomic mass is 16.3. The smallest absolute Gasteiger partial charge is 0.276 e. The van der Waals surface area contributed by atoms with Gasteiger partial charge < -0.3 is 10.0 Å². The molecule has 3 heteroatoms. The molecule has 1 aliphatic rings. The lowest BCUT2D eigenvalue weighted by molar-refractivity contribution is -0.130. The molecule has 0 spiro atoms. The number of rotatable bonds is 2. The molecule has 1 unspecified atom stereocenters. The van der Waals surface area contributed by atoms with Crippen molar-refractivity contribution < 1.29 is 9.90 Å². The van der Waals surface area contributed by atoms with Crippen LogP contribution >= 0.6 is 0 Å². The minimum atomic E-state index is -1.85. The van der Waals surface area contributed by atoms with Gasteiger partial charge in [0.15, 0.2) is 0 Å². The number of fused-ring (bicyclic) bond motifs is 1. The number of anilines is 1.